The van der Waals surface area contributed by atoms with Crippen LogP contribution in [0.1, 0.15) is 94.8 Å². The molecule has 2 heterocycles. The number of benzene rings is 1. The van der Waals surface area contributed by atoms with Gasteiger partial charge in [0.1, 0.15) is 0 Å². The number of rotatable bonds is 6. The summed E-state index contributed by atoms with van der Waals surface area (Å²) in [7, 11) is 0. The summed E-state index contributed by atoms with van der Waals surface area (Å²) in [4.78, 5) is 18.8. The summed E-state index contributed by atoms with van der Waals surface area (Å²) < 4.78 is 1.95. The van der Waals surface area contributed by atoms with Gasteiger partial charge in [0.2, 0.25) is 0 Å². The van der Waals surface area contributed by atoms with Gasteiger partial charge >= 0.3 is 0 Å². The van der Waals surface area contributed by atoms with E-state index in [1.807, 2.05) is 4.68 Å². The predicted octanol–water partition coefficient (Wildman–Crippen LogP) is 5.17. The number of tetrazole rings is 1. The Balaban J connectivity index is 1.77. The minimum Gasteiger partial charge on any atom is -0.322 e. The van der Waals surface area contributed by atoms with Crippen LogP contribution >= 0.6 is 0 Å². The molecule has 0 amide bonds. The van der Waals surface area contributed by atoms with Crippen LogP contribution in [0.5, 0.6) is 0 Å². The highest BCUT2D eigenvalue weighted by atomic mass is 16.1. The van der Waals surface area contributed by atoms with Gasteiger partial charge in [-0.2, -0.15) is 0 Å². The average molecular weight is 451 g/mol. The molecule has 0 unspecified atom stereocenters. The molecule has 7 heteroatoms. The fourth-order valence-corrected chi connectivity index (χ4v) is 5.19. The van der Waals surface area contributed by atoms with E-state index in [0.29, 0.717) is 12.6 Å². The number of aromatic nitrogens is 5. The Labute approximate surface area is 196 Å². The van der Waals surface area contributed by atoms with Crippen molar-refractivity contribution in [2.24, 2.45) is 0 Å². The molecule has 0 aliphatic heterocycles. The number of aryl methyl sites for hydroxylation is 2. The van der Waals surface area contributed by atoms with Crippen LogP contribution in [-0.2, 0) is 12.1 Å². The van der Waals surface area contributed by atoms with Gasteiger partial charge in [-0.15, -0.1) is 5.10 Å². The van der Waals surface area contributed by atoms with Crippen molar-refractivity contribution in [3.05, 3.63) is 51.1 Å². The van der Waals surface area contributed by atoms with Crippen LogP contribution in [0.2, 0.25) is 0 Å². The quantitative estimate of drug-likeness (QED) is 0.560. The maximum absolute atomic E-state index is 13.1. The maximum Gasteiger partial charge on any atom is 0.252 e. The molecule has 4 rings (SSSR count). The second-order valence-corrected chi connectivity index (χ2v) is 10.7. The molecule has 0 radical (unpaired) electrons. The van der Waals surface area contributed by atoms with Gasteiger partial charge in [0.15, 0.2) is 5.82 Å². The minimum absolute atomic E-state index is 0.00294. The molecule has 1 fully saturated rings. The first-order valence-electron chi connectivity index (χ1n) is 12.4. The van der Waals surface area contributed by atoms with E-state index in [1.54, 1.807) is 0 Å². The largest absolute Gasteiger partial charge is 0.322 e. The molecule has 1 aliphatic rings. The SMILES string of the molecule is CC[C@@H](c1nnnn1C(C)(C)C)N(Cc1cc2cc(C)c(C)cc2[nH]c1=O)C1CCCCC1. The zero-order chi connectivity index (χ0) is 23.8. The summed E-state index contributed by atoms with van der Waals surface area (Å²) in [6.07, 6.45) is 6.93. The van der Waals surface area contributed by atoms with Crippen molar-refractivity contribution in [3.8, 4) is 0 Å². The average Bonchev–Trinajstić information content (AvgIpc) is 3.26. The fourth-order valence-electron chi connectivity index (χ4n) is 5.19. The van der Waals surface area contributed by atoms with Crippen molar-refractivity contribution in [3.63, 3.8) is 0 Å². The van der Waals surface area contributed by atoms with E-state index in [9.17, 15) is 4.79 Å². The highest BCUT2D eigenvalue weighted by Crippen LogP contribution is 2.34. The lowest BCUT2D eigenvalue weighted by Crippen LogP contribution is -2.42. The van der Waals surface area contributed by atoms with E-state index < -0.39 is 0 Å². The number of pyridine rings is 1. The van der Waals surface area contributed by atoms with Crippen molar-refractivity contribution in [2.75, 3.05) is 0 Å². The predicted molar refractivity (Wildman–Crippen MR) is 132 cm³/mol. The van der Waals surface area contributed by atoms with Gasteiger partial charge in [-0.3, -0.25) is 9.69 Å². The molecular formula is C26H38N6O. The highest BCUT2D eigenvalue weighted by molar-refractivity contribution is 5.80. The lowest BCUT2D eigenvalue weighted by atomic mass is 9.92. The Morgan fingerprint density at radius 3 is 2.48 bits per heavy atom. The second-order valence-electron chi connectivity index (χ2n) is 10.7. The van der Waals surface area contributed by atoms with Crippen LogP contribution in [0.3, 0.4) is 0 Å². The summed E-state index contributed by atoms with van der Waals surface area (Å²) in [6.45, 7) is 13.4. The smallest absolute Gasteiger partial charge is 0.252 e. The van der Waals surface area contributed by atoms with Crippen LogP contribution in [0.4, 0.5) is 0 Å². The molecule has 1 atom stereocenters. The van der Waals surface area contributed by atoms with Gasteiger partial charge in [0.05, 0.1) is 11.6 Å². The minimum atomic E-state index is -0.208. The van der Waals surface area contributed by atoms with E-state index >= 15 is 0 Å². The number of aromatic amines is 1. The molecule has 2 aromatic heterocycles. The van der Waals surface area contributed by atoms with Gasteiger partial charge in [-0.25, -0.2) is 4.68 Å². The number of H-pyrrole nitrogens is 1. The number of nitrogens with one attached hydrogen (secondary N) is 1. The van der Waals surface area contributed by atoms with Gasteiger partial charge in [-0.05, 0) is 99.0 Å². The molecular weight excluding hydrogens is 412 g/mol. The summed E-state index contributed by atoms with van der Waals surface area (Å²) in [5, 5.41) is 13.9. The van der Waals surface area contributed by atoms with Crippen LogP contribution in [-0.4, -0.2) is 36.1 Å². The molecule has 1 aliphatic carbocycles. The lowest BCUT2D eigenvalue weighted by molar-refractivity contribution is 0.0810. The Morgan fingerprint density at radius 1 is 1.12 bits per heavy atom. The van der Waals surface area contributed by atoms with E-state index in [0.717, 1.165) is 41.6 Å². The van der Waals surface area contributed by atoms with Crippen molar-refractivity contribution < 1.29 is 0 Å². The molecule has 3 aromatic rings. The normalized spacial score (nSPS) is 16.6. The van der Waals surface area contributed by atoms with Gasteiger partial charge < -0.3 is 4.98 Å². The van der Waals surface area contributed by atoms with Crippen LogP contribution in [0.25, 0.3) is 10.9 Å². The van der Waals surface area contributed by atoms with E-state index in [1.165, 1.54) is 30.4 Å². The van der Waals surface area contributed by atoms with E-state index in [-0.39, 0.29) is 17.1 Å². The molecule has 7 nitrogen and oxygen atoms in total. The first-order chi connectivity index (χ1) is 15.7. The standard InChI is InChI=1S/C26H38N6O/c1-7-23(24-28-29-30-32(24)26(4,5)6)31(21-11-9-8-10-12-21)16-20-15-19-13-17(2)18(3)14-22(19)27-25(20)33/h13-15,21,23H,7-12,16H2,1-6H3,(H,27,33)/t23-/m0/s1. The molecule has 1 aromatic carbocycles. The molecule has 1 N–H and O–H groups in total. The first kappa shape index (κ1) is 23.6. The molecule has 0 saturated heterocycles. The highest BCUT2D eigenvalue weighted by Gasteiger charge is 2.33. The number of hydrogen-bond donors (Lipinski definition) is 1. The monoisotopic (exact) mass is 450 g/mol. The molecule has 1 saturated carbocycles. The maximum atomic E-state index is 13.1. The third-order valence-corrected chi connectivity index (χ3v) is 7.15. The Bertz CT molecular complexity index is 1170. The van der Waals surface area contributed by atoms with Gasteiger partial charge in [0.25, 0.3) is 5.56 Å². The fraction of sp³-hybridized carbons (Fsp3) is 0.615. The third-order valence-electron chi connectivity index (χ3n) is 7.15. The summed E-state index contributed by atoms with van der Waals surface area (Å²) in [5.41, 5.74) is 3.93. The Kier molecular flexibility index (Phi) is 6.71. The molecule has 33 heavy (non-hydrogen) atoms. The topological polar surface area (TPSA) is 79.7 Å². The zero-order valence-electron chi connectivity index (χ0n) is 21.0. The molecule has 0 spiro atoms. The van der Waals surface area contributed by atoms with E-state index in [2.05, 4.69) is 85.2 Å². The summed E-state index contributed by atoms with van der Waals surface area (Å²) >= 11 is 0. The van der Waals surface area contributed by atoms with Crippen molar-refractivity contribution in [2.45, 2.75) is 104 Å². The van der Waals surface area contributed by atoms with Crippen molar-refractivity contribution in [1.82, 2.24) is 30.1 Å². The van der Waals surface area contributed by atoms with E-state index in [4.69, 9.17) is 0 Å². The van der Waals surface area contributed by atoms with Crippen LogP contribution in [0, 0.1) is 13.8 Å². The van der Waals surface area contributed by atoms with Crippen LogP contribution < -0.4 is 5.56 Å². The van der Waals surface area contributed by atoms with Crippen molar-refractivity contribution >= 4 is 10.9 Å². The lowest BCUT2D eigenvalue weighted by Gasteiger charge is -2.39. The number of nitrogens with zero attached hydrogens (tertiary/aromatic N) is 5. The number of hydrogen-bond acceptors (Lipinski definition) is 5. The van der Waals surface area contributed by atoms with Gasteiger partial charge in [0, 0.05) is 23.7 Å². The molecule has 178 valence electrons. The molecule has 0 bridgehead atoms. The summed E-state index contributed by atoms with van der Waals surface area (Å²) in [5.74, 6) is 0.888. The van der Waals surface area contributed by atoms with Crippen LogP contribution in [0.15, 0.2) is 23.0 Å². The number of fused-ring (bicyclic) bond motifs is 1. The third kappa shape index (κ3) is 4.88. The zero-order valence-corrected chi connectivity index (χ0v) is 21.0. The Hall–Kier alpha value is -2.54. The van der Waals surface area contributed by atoms with Crippen molar-refractivity contribution in [1.29, 1.82) is 0 Å². The first-order valence-corrected chi connectivity index (χ1v) is 12.4. The Morgan fingerprint density at radius 2 is 1.82 bits per heavy atom. The summed E-state index contributed by atoms with van der Waals surface area (Å²) in [6, 6.07) is 6.80. The van der Waals surface area contributed by atoms with Gasteiger partial charge in [-0.1, -0.05) is 26.2 Å². The second kappa shape index (κ2) is 9.37.